The van der Waals surface area contributed by atoms with E-state index in [1.807, 2.05) is 6.92 Å². The molecule has 1 fully saturated rings. The lowest BCUT2D eigenvalue weighted by Crippen LogP contribution is -2.36. The molecule has 0 bridgehead atoms. The molecule has 1 aliphatic rings. The first-order valence-corrected chi connectivity index (χ1v) is 7.27. The summed E-state index contributed by atoms with van der Waals surface area (Å²) in [5.41, 5.74) is 0.0514. The minimum atomic E-state index is -1.07. The fourth-order valence-electron chi connectivity index (χ4n) is 2.04. The molecule has 2 rings (SSSR count). The standard InChI is InChI=1S/C14H16BrNO4/c1-2-16(10-4-5-10)13(17)8-20-12-7-9(15)3-6-11(12)14(18)19/h3,6-7,10H,2,4-5,8H2,1H3,(H,18,19). The van der Waals surface area contributed by atoms with Crippen molar-refractivity contribution in [2.75, 3.05) is 13.2 Å². The van der Waals surface area contributed by atoms with Crippen molar-refractivity contribution in [2.45, 2.75) is 25.8 Å². The maximum atomic E-state index is 12.0. The minimum absolute atomic E-state index is 0.0514. The molecule has 0 atom stereocenters. The van der Waals surface area contributed by atoms with Gasteiger partial charge in [-0.3, -0.25) is 4.79 Å². The van der Waals surface area contributed by atoms with Crippen LogP contribution in [-0.2, 0) is 4.79 Å². The lowest BCUT2D eigenvalue weighted by Gasteiger charge is -2.20. The third-order valence-electron chi connectivity index (χ3n) is 3.17. The molecule has 0 aliphatic heterocycles. The summed E-state index contributed by atoms with van der Waals surface area (Å²) >= 11 is 3.26. The van der Waals surface area contributed by atoms with E-state index in [4.69, 9.17) is 9.84 Å². The molecule has 1 amide bonds. The molecule has 20 heavy (non-hydrogen) atoms. The largest absolute Gasteiger partial charge is 0.483 e. The Bertz CT molecular complexity index is 528. The zero-order valence-corrected chi connectivity index (χ0v) is 12.7. The van der Waals surface area contributed by atoms with Gasteiger partial charge < -0.3 is 14.7 Å². The third kappa shape index (κ3) is 3.50. The van der Waals surface area contributed by atoms with Crippen molar-refractivity contribution in [3.63, 3.8) is 0 Å². The number of nitrogens with zero attached hydrogens (tertiary/aromatic N) is 1. The van der Waals surface area contributed by atoms with Crippen LogP contribution in [0.4, 0.5) is 0 Å². The van der Waals surface area contributed by atoms with Crippen molar-refractivity contribution in [1.29, 1.82) is 0 Å². The summed E-state index contributed by atoms with van der Waals surface area (Å²) in [6, 6.07) is 4.97. The highest BCUT2D eigenvalue weighted by Gasteiger charge is 2.31. The number of aromatic carboxylic acids is 1. The van der Waals surface area contributed by atoms with Crippen molar-refractivity contribution >= 4 is 27.8 Å². The van der Waals surface area contributed by atoms with Gasteiger partial charge in [0, 0.05) is 17.1 Å². The number of carbonyl (C=O) groups excluding carboxylic acids is 1. The summed E-state index contributed by atoms with van der Waals surface area (Å²) in [4.78, 5) is 24.9. The first-order valence-electron chi connectivity index (χ1n) is 6.48. The smallest absolute Gasteiger partial charge is 0.339 e. The number of ether oxygens (including phenoxy) is 1. The van der Waals surface area contributed by atoms with Gasteiger partial charge in [-0.25, -0.2) is 4.79 Å². The van der Waals surface area contributed by atoms with Gasteiger partial charge in [0.05, 0.1) is 0 Å². The Hall–Kier alpha value is -1.56. The monoisotopic (exact) mass is 341 g/mol. The first-order chi connectivity index (χ1) is 9.52. The third-order valence-corrected chi connectivity index (χ3v) is 3.67. The van der Waals surface area contributed by atoms with Gasteiger partial charge in [-0.15, -0.1) is 0 Å². The Morgan fingerprint density at radius 2 is 2.15 bits per heavy atom. The predicted molar refractivity (Wildman–Crippen MR) is 77.0 cm³/mol. The van der Waals surface area contributed by atoms with E-state index in [0.29, 0.717) is 17.1 Å². The molecule has 0 heterocycles. The number of carboxylic acids is 1. The topological polar surface area (TPSA) is 66.8 Å². The molecular weight excluding hydrogens is 326 g/mol. The molecule has 0 spiro atoms. The van der Waals surface area contributed by atoms with Crippen LogP contribution in [0.15, 0.2) is 22.7 Å². The van der Waals surface area contributed by atoms with E-state index in [1.54, 1.807) is 17.0 Å². The van der Waals surface area contributed by atoms with Crippen molar-refractivity contribution in [1.82, 2.24) is 4.90 Å². The highest BCUT2D eigenvalue weighted by molar-refractivity contribution is 9.10. The van der Waals surface area contributed by atoms with Gasteiger partial charge in [0.15, 0.2) is 6.61 Å². The molecule has 0 aromatic heterocycles. The Morgan fingerprint density at radius 3 is 2.70 bits per heavy atom. The lowest BCUT2D eigenvalue weighted by molar-refractivity contribution is -0.133. The molecule has 108 valence electrons. The van der Waals surface area contributed by atoms with Crippen LogP contribution in [0, 0.1) is 0 Å². The number of rotatable bonds is 6. The van der Waals surface area contributed by atoms with Gasteiger partial charge in [0.25, 0.3) is 5.91 Å². The molecule has 1 N–H and O–H groups in total. The van der Waals surface area contributed by atoms with Gasteiger partial charge in [0.1, 0.15) is 11.3 Å². The Labute approximate surface area is 125 Å². The lowest BCUT2D eigenvalue weighted by atomic mass is 10.2. The summed E-state index contributed by atoms with van der Waals surface area (Å²) in [6.07, 6.45) is 2.08. The molecule has 1 aromatic rings. The number of likely N-dealkylation sites (N-methyl/N-ethyl adjacent to an activating group) is 1. The number of amides is 1. The molecule has 1 saturated carbocycles. The molecule has 0 saturated heterocycles. The summed E-state index contributed by atoms with van der Waals surface area (Å²) in [5, 5.41) is 9.08. The highest BCUT2D eigenvalue weighted by atomic mass is 79.9. The van der Waals surface area contributed by atoms with E-state index in [0.717, 1.165) is 12.8 Å². The van der Waals surface area contributed by atoms with E-state index >= 15 is 0 Å². The van der Waals surface area contributed by atoms with Crippen molar-refractivity contribution < 1.29 is 19.4 Å². The molecule has 1 aromatic carbocycles. The molecule has 0 unspecified atom stereocenters. The molecule has 1 aliphatic carbocycles. The second kappa shape index (κ2) is 6.26. The average Bonchev–Trinajstić information content (AvgIpc) is 3.21. The van der Waals surface area contributed by atoms with Gasteiger partial charge in [-0.1, -0.05) is 15.9 Å². The number of carboxylic acid groups (broad SMARTS) is 1. The summed E-state index contributed by atoms with van der Waals surface area (Å²) < 4.78 is 6.11. The quantitative estimate of drug-likeness (QED) is 0.863. The Balaban J connectivity index is 2.04. The van der Waals surface area contributed by atoms with Crippen LogP contribution in [-0.4, -0.2) is 41.1 Å². The van der Waals surface area contributed by atoms with Gasteiger partial charge >= 0.3 is 5.97 Å². The number of halogens is 1. The number of hydrogen-bond acceptors (Lipinski definition) is 3. The Morgan fingerprint density at radius 1 is 1.45 bits per heavy atom. The van der Waals surface area contributed by atoms with E-state index < -0.39 is 5.97 Å². The predicted octanol–water partition coefficient (Wildman–Crippen LogP) is 2.54. The SMILES string of the molecule is CCN(C(=O)COc1cc(Br)ccc1C(=O)O)C1CC1. The average molecular weight is 342 g/mol. The van der Waals surface area contributed by atoms with Crippen molar-refractivity contribution in [2.24, 2.45) is 0 Å². The first kappa shape index (κ1) is 14.8. The van der Waals surface area contributed by atoms with Gasteiger partial charge in [-0.2, -0.15) is 0 Å². The van der Waals surface area contributed by atoms with Crippen molar-refractivity contribution in [3.8, 4) is 5.75 Å². The van der Waals surface area contributed by atoms with Crippen LogP contribution >= 0.6 is 15.9 Å². The van der Waals surface area contributed by atoms with E-state index in [1.165, 1.54) is 6.07 Å². The van der Waals surface area contributed by atoms with Crippen molar-refractivity contribution in [3.05, 3.63) is 28.2 Å². The number of carbonyl (C=O) groups is 2. The van der Waals surface area contributed by atoms with Crippen LogP contribution in [0.25, 0.3) is 0 Å². The normalized spacial score (nSPS) is 13.9. The van der Waals surface area contributed by atoms with E-state index in [2.05, 4.69) is 15.9 Å². The van der Waals surface area contributed by atoms with Crippen LogP contribution in [0.1, 0.15) is 30.1 Å². The Kier molecular flexibility index (Phi) is 4.65. The number of hydrogen-bond donors (Lipinski definition) is 1. The summed E-state index contributed by atoms with van der Waals surface area (Å²) in [5.74, 6) is -0.979. The maximum Gasteiger partial charge on any atom is 0.339 e. The van der Waals surface area contributed by atoms with Crippen LogP contribution in [0.5, 0.6) is 5.75 Å². The molecule has 6 heteroatoms. The fraction of sp³-hybridized carbons (Fsp3) is 0.429. The fourth-order valence-corrected chi connectivity index (χ4v) is 2.38. The molecule has 5 nitrogen and oxygen atoms in total. The van der Waals surface area contributed by atoms with Crippen LogP contribution in [0.3, 0.4) is 0 Å². The second-order valence-corrected chi connectivity index (χ2v) is 5.56. The van der Waals surface area contributed by atoms with Crippen LogP contribution < -0.4 is 4.74 Å². The second-order valence-electron chi connectivity index (χ2n) is 4.65. The summed E-state index contributed by atoms with van der Waals surface area (Å²) in [7, 11) is 0. The zero-order valence-electron chi connectivity index (χ0n) is 11.1. The highest BCUT2D eigenvalue weighted by Crippen LogP contribution is 2.27. The number of benzene rings is 1. The molecule has 0 radical (unpaired) electrons. The van der Waals surface area contributed by atoms with E-state index in [-0.39, 0.29) is 23.8 Å². The zero-order chi connectivity index (χ0) is 14.7. The van der Waals surface area contributed by atoms with Crippen LogP contribution in [0.2, 0.25) is 0 Å². The minimum Gasteiger partial charge on any atom is -0.483 e. The summed E-state index contributed by atoms with van der Waals surface area (Å²) in [6.45, 7) is 2.44. The van der Waals surface area contributed by atoms with E-state index in [9.17, 15) is 9.59 Å². The maximum absolute atomic E-state index is 12.0. The van der Waals surface area contributed by atoms with Gasteiger partial charge in [-0.05, 0) is 38.0 Å². The molecular formula is C14H16BrNO4. The van der Waals surface area contributed by atoms with Gasteiger partial charge in [0.2, 0.25) is 0 Å².